The van der Waals surface area contributed by atoms with E-state index in [0.717, 1.165) is 35.4 Å². The Morgan fingerprint density at radius 2 is 1.67 bits per heavy atom. The van der Waals surface area contributed by atoms with Crippen molar-refractivity contribution >= 4 is 0 Å². The van der Waals surface area contributed by atoms with Crippen molar-refractivity contribution < 1.29 is 18.7 Å². The standard InChI is InChI=1S/C17H32NO3/c1-18(2,6-7-20-10-11-21-9-8-19-3)14-17-13-15-4-5-16(17)12-15/h4-5,15-17H,6-14H2,1-3H3/q+1/t15-,16+,17?/m1/s1. The number of fused-ring (bicyclic) bond motifs is 2. The van der Waals surface area contributed by atoms with Crippen LogP contribution in [0.1, 0.15) is 12.8 Å². The van der Waals surface area contributed by atoms with Gasteiger partial charge in [0.1, 0.15) is 6.54 Å². The van der Waals surface area contributed by atoms with Gasteiger partial charge in [-0.2, -0.15) is 0 Å². The number of hydrogen-bond acceptors (Lipinski definition) is 3. The van der Waals surface area contributed by atoms with Gasteiger partial charge in [-0.15, -0.1) is 0 Å². The second kappa shape index (κ2) is 8.28. The molecule has 4 nitrogen and oxygen atoms in total. The average Bonchev–Trinajstić information content (AvgIpc) is 3.03. The van der Waals surface area contributed by atoms with Crippen LogP contribution in [0, 0.1) is 17.8 Å². The zero-order chi connectivity index (χ0) is 15.1. The summed E-state index contributed by atoms with van der Waals surface area (Å²) in [7, 11) is 6.34. The van der Waals surface area contributed by atoms with E-state index in [1.165, 1.54) is 19.4 Å². The summed E-state index contributed by atoms with van der Waals surface area (Å²) in [4.78, 5) is 0. The summed E-state index contributed by atoms with van der Waals surface area (Å²) >= 11 is 0. The van der Waals surface area contributed by atoms with E-state index >= 15 is 0 Å². The molecular formula is C17H32NO3+. The topological polar surface area (TPSA) is 27.7 Å². The number of ether oxygens (including phenoxy) is 3. The van der Waals surface area contributed by atoms with Gasteiger partial charge < -0.3 is 18.7 Å². The zero-order valence-corrected chi connectivity index (χ0v) is 13.9. The number of quaternary nitrogens is 1. The lowest BCUT2D eigenvalue weighted by molar-refractivity contribution is -0.894. The molecule has 0 radical (unpaired) electrons. The van der Waals surface area contributed by atoms with Crippen LogP contribution in [0.4, 0.5) is 0 Å². The molecule has 122 valence electrons. The molecule has 0 aliphatic heterocycles. The Bertz CT molecular complexity index is 330. The molecule has 21 heavy (non-hydrogen) atoms. The Balaban J connectivity index is 1.52. The largest absolute Gasteiger partial charge is 0.382 e. The summed E-state index contributed by atoms with van der Waals surface area (Å²) in [6.45, 7) is 5.82. The van der Waals surface area contributed by atoms with Crippen molar-refractivity contribution in [1.82, 2.24) is 0 Å². The van der Waals surface area contributed by atoms with Crippen molar-refractivity contribution in [3.63, 3.8) is 0 Å². The quantitative estimate of drug-likeness (QED) is 0.331. The highest BCUT2D eigenvalue weighted by atomic mass is 16.5. The highest BCUT2D eigenvalue weighted by molar-refractivity contribution is 5.09. The molecular weight excluding hydrogens is 266 g/mol. The maximum absolute atomic E-state index is 5.68. The number of rotatable bonds is 11. The highest BCUT2D eigenvalue weighted by Gasteiger charge is 2.38. The van der Waals surface area contributed by atoms with Crippen molar-refractivity contribution in [3.8, 4) is 0 Å². The van der Waals surface area contributed by atoms with Gasteiger partial charge in [-0.1, -0.05) is 12.2 Å². The minimum Gasteiger partial charge on any atom is -0.382 e. The number of hydrogen-bond donors (Lipinski definition) is 0. The van der Waals surface area contributed by atoms with Crippen molar-refractivity contribution in [2.45, 2.75) is 12.8 Å². The van der Waals surface area contributed by atoms with Crippen LogP contribution in [0.25, 0.3) is 0 Å². The van der Waals surface area contributed by atoms with Crippen LogP contribution in [-0.2, 0) is 14.2 Å². The summed E-state index contributed by atoms with van der Waals surface area (Å²) in [5.74, 6) is 2.61. The van der Waals surface area contributed by atoms with E-state index in [4.69, 9.17) is 14.2 Å². The summed E-state index contributed by atoms with van der Waals surface area (Å²) in [5, 5.41) is 0. The first-order chi connectivity index (χ1) is 10.1. The molecule has 2 aliphatic rings. The van der Waals surface area contributed by atoms with Gasteiger partial charge in [-0.25, -0.2) is 0 Å². The van der Waals surface area contributed by atoms with Gasteiger partial charge in [0, 0.05) is 13.0 Å². The van der Waals surface area contributed by atoms with Crippen molar-refractivity contribution in [3.05, 3.63) is 12.2 Å². The third-order valence-corrected chi connectivity index (χ3v) is 4.79. The molecule has 2 aliphatic carbocycles. The lowest BCUT2D eigenvalue weighted by Gasteiger charge is -2.34. The molecule has 0 aromatic rings. The Hall–Kier alpha value is -0.420. The van der Waals surface area contributed by atoms with Crippen LogP contribution in [0.3, 0.4) is 0 Å². The monoisotopic (exact) mass is 298 g/mol. The normalized spacial score (nSPS) is 27.7. The Morgan fingerprint density at radius 1 is 0.952 bits per heavy atom. The molecule has 1 unspecified atom stereocenters. The minimum absolute atomic E-state index is 0.652. The van der Waals surface area contributed by atoms with Gasteiger partial charge in [0.15, 0.2) is 0 Å². The first-order valence-electron chi connectivity index (χ1n) is 8.25. The van der Waals surface area contributed by atoms with Gasteiger partial charge in [-0.3, -0.25) is 0 Å². The fourth-order valence-electron chi connectivity index (χ4n) is 3.61. The van der Waals surface area contributed by atoms with Gasteiger partial charge in [0.05, 0.1) is 53.7 Å². The molecule has 2 rings (SSSR count). The molecule has 0 amide bonds. The molecule has 1 fully saturated rings. The lowest BCUT2D eigenvalue weighted by atomic mass is 9.92. The van der Waals surface area contributed by atoms with E-state index in [1.54, 1.807) is 7.11 Å². The van der Waals surface area contributed by atoms with E-state index in [0.29, 0.717) is 26.4 Å². The maximum Gasteiger partial charge on any atom is 0.102 e. The van der Waals surface area contributed by atoms with Gasteiger partial charge >= 0.3 is 0 Å². The fraction of sp³-hybridized carbons (Fsp3) is 0.882. The first-order valence-corrected chi connectivity index (χ1v) is 8.25. The van der Waals surface area contributed by atoms with Gasteiger partial charge in [0.2, 0.25) is 0 Å². The number of methoxy groups -OCH3 is 1. The van der Waals surface area contributed by atoms with E-state index in [2.05, 4.69) is 26.2 Å². The third kappa shape index (κ3) is 5.70. The molecule has 3 atom stereocenters. The highest BCUT2D eigenvalue weighted by Crippen LogP contribution is 2.44. The second-order valence-electron chi connectivity index (χ2n) is 7.10. The van der Waals surface area contributed by atoms with Crippen LogP contribution >= 0.6 is 0 Å². The van der Waals surface area contributed by atoms with Crippen LogP contribution in [0.5, 0.6) is 0 Å². The van der Waals surface area contributed by atoms with Crippen molar-refractivity contribution in [1.29, 1.82) is 0 Å². The molecule has 0 heterocycles. The number of allylic oxidation sites excluding steroid dienone is 2. The number of nitrogens with zero attached hydrogens (tertiary/aromatic N) is 1. The lowest BCUT2D eigenvalue weighted by Crippen LogP contribution is -2.46. The van der Waals surface area contributed by atoms with Crippen molar-refractivity contribution in [2.75, 3.05) is 67.3 Å². The number of likely N-dealkylation sites (N-methyl/N-ethyl adjacent to an activating group) is 1. The Labute approximate surface area is 129 Å². The summed E-state index contributed by atoms with van der Waals surface area (Å²) in [6.07, 6.45) is 7.68. The van der Waals surface area contributed by atoms with Crippen LogP contribution in [0.2, 0.25) is 0 Å². The molecule has 0 N–H and O–H groups in total. The van der Waals surface area contributed by atoms with Crippen LogP contribution in [0.15, 0.2) is 12.2 Å². The minimum atomic E-state index is 0.652. The molecule has 0 saturated heterocycles. The van der Waals surface area contributed by atoms with E-state index in [1.807, 2.05) is 0 Å². The Kier molecular flexibility index (Phi) is 6.68. The van der Waals surface area contributed by atoms with E-state index in [9.17, 15) is 0 Å². The summed E-state index contributed by atoms with van der Waals surface area (Å²) in [6, 6.07) is 0. The smallest absolute Gasteiger partial charge is 0.102 e. The third-order valence-electron chi connectivity index (χ3n) is 4.79. The summed E-state index contributed by atoms with van der Waals surface area (Å²) < 4.78 is 17.1. The molecule has 1 saturated carbocycles. The maximum atomic E-state index is 5.68. The molecule has 4 heteroatoms. The van der Waals surface area contributed by atoms with Crippen LogP contribution < -0.4 is 0 Å². The predicted molar refractivity (Wildman–Crippen MR) is 84.2 cm³/mol. The SMILES string of the molecule is COCCOCCOCC[N+](C)(C)CC1C[C@@H]2C=C[C@H]1C2. The predicted octanol–water partition coefficient (Wildman–Crippen LogP) is 1.95. The second-order valence-corrected chi connectivity index (χ2v) is 7.10. The zero-order valence-electron chi connectivity index (χ0n) is 13.9. The average molecular weight is 298 g/mol. The fourth-order valence-corrected chi connectivity index (χ4v) is 3.61. The van der Waals surface area contributed by atoms with Crippen LogP contribution in [-0.4, -0.2) is 71.8 Å². The van der Waals surface area contributed by atoms with E-state index < -0.39 is 0 Å². The van der Waals surface area contributed by atoms with E-state index in [-0.39, 0.29) is 0 Å². The van der Waals surface area contributed by atoms with Gasteiger partial charge in [0.25, 0.3) is 0 Å². The summed E-state index contributed by atoms with van der Waals surface area (Å²) in [5.41, 5.74) is 0. The van der Waals surface area contributed by atoms with Crippen molar-refractivity contribution in [2.24, 2.45) is 17.8 Å². The molecule has 2 bridgehead atoms. The molecule has 0 aromatic carbocycles. The molecule has 0 aromatic heterocycles. The molecule has 0 spiro atoms. The van der Waals surface area contributed by atoms with Gasteiger partial charge in [-0.05, 0) is 24.7 Å². The first kappa shape index (κ1) is 16.9. The Morgan fingerprint density at radius 3 is 2.29 bits per heavy atom.